The zero-order chi connectivity index (χ0) is 23.4. The highest BCUT2D eigenvalue weighted by molar-refractivity contribution is 6.36. The highest BCUT2D eigenvalue weighted by atomic mass is 35.5. The van der Waals surface area contributed by atoms with Crippen molar-refractivity contribution in [1.29, 1.82) is 0 Å². The number of carbonyl (C=O) groups is 2. The van der Waals surface area contributed by atoms with Gasteiger partial charge in [0.2, 0.25) is 5.89 Å². The van der Waals surface area contributed by atoms with Crippen LogP contribution >= 0.6 is 23.2 Å². The van der Waals surface area contributed by atoms with Gasteiger partial charge in [0.15, 0.2) is 34.8 Å². The van der Waals surface area contributed by atoms with E-state index >= 15 is 0 Å². The summed E-state index contributed by atoms with van der Waals surface area (Å²) in [6.45, 7) is 1.51. The van der Waals surface area contributed by atoms with Crippen molar-refractivity contribution in [3.63, 3.8) is 0 Å². The van der Waals surface area contributed by atoms with E-state index in [1.165, 1.54) is 33.5 Å². The molecule has 0 aliphatic heterocycles. The molecule has 0 aliphatic carbocycles. The minimum absolute atomic E-state index is 0.0277. The van der Waals surface area contributed by atoms with Crippen LogP contribution in [0.3, 0.4) is 0 Å². The number of nitrogens with two attached hydrogens (primary N) is 1. The first-order valence-corrected chi connectivity index (χ1v) is 10.0. The van der Waals surface area contributed by atoms with E-state index in [-0.39, 0.29) is 33.8 Å². The van der Waals surface area contributed by atoms with Crippen molar-refractivity contribution in [2.24, 2.45) is 5.73 Å². The van der Waals surface area contributed by atoms with Crippen LogP contribution in [0.4, 0.5) is 4.79 Å². The van der Waals surface area contributed by atoms with Gasteiger partial charge >= 0.3 is 6.09 Å². The number of Topliss-reactive ketones (excluding diaryl/α,β-unsaturated/α-hetero) is 1. The molecule has 3 aromatic rings. The Hall–Kier alpha value is -3.30. The summed E-state index contributed by atoms with van der Waals surface area (Å²) >= 11 is 12.3. The molecule has 11 heteroatoms. The lowest BCUT2D eigenvalue weighted by Crippen LogP contribution is -2.17. The number of benzene rings is 1. The number of hydrogen-bond acceptors (Lipinski definition) is 8. The van der Waals surface area contributed by atoms with Crippen LogP contribution in [0.1, 0.15) is 34.8 Å². The van der Waals surface area contributed by atoms with E-state index in [1.54, 1.807) is 18.2 Å². The molecule has 1 atom stereocenters. The molecule has 168 valence electrons. The molecule has 32 heavy (non-hydrogen) atoms. The van der Waals surface area contributed by atoms with E-state index < -0.39 is 18.0 Å². The van der Waals surface area contributed by atoms with Crippen molar-refractivity contribution in [2.45, 2.75) is 19.4 Å². The Morgan fingerprint density at radius 1 is 1.12 bits per heavy atom. The number of methoxy groups -OCH3 is 2. The lowest BCUT2D eigenvalue weighted by molar-refractivity contribution is 0.0937. The number of rotatable bonds is 8. The molecule has 0 saturated heterocycles. The number of pyridine rings is 1. The predicted molar refractivity (Wildman–Crippen MR) is 116 cm³/mol. The highest BCUT2D eigenvalue weighted by Crippen LogP contribution is 2.35. The van der Waals surface area contributed by atoms with Crippen LogP contribution in [0.5, 0.6) is 11.5 Å². The number of aromatic nitrogens is 2. The number of nitrogens with zero attached hydrogens (tertiary/aromatic N) is 2. The van der Waals surface area contributed by atoms with Gasteiger partial charge in [-0.15, -0.1) is 0 Å². The SMILES string of the molecule is COc1ccc(-c2nc(C(=O)Cc3c(Cl)cncc3Cl)c(C(C)OC(N)=O)o2)cc1OC. The normalized spacial score (nSPS) is 11.7. The molecule has 0 saturated carbocycles. The van der Waals surface area contributed by atoms with Gasteiger partial charge < -0.3 is 24.4 Å². The van der Waals surface area contributed by atoms with Crippen molar-refractivity contribution >= 4 is 35.1 Å². The molecule has 0 fully saturated rings. The Morgan fingerprint density at radius 3 is 2.38 bits per heavy atom. The second-order valence-electron chi connectivity index (χ2n) is 6.56. The third kappa shape index (κ3) is 4.95. The quantitative estimate of drug-likeness (QED) is 0.462. The van der Waals surface area contributed by atoms with Crippen LogP contribution in [0.15, 0.2) is 35.0 Å². The molecule has 1 aromatic carbocycles. The molecule has 0 bridgehead atoms. The Balaban J connectivity index is 2.05. The Labute approximate surface area is 193 Å². The average Bonchev–Trinajstić information content (AvgIpc) is 3.21. The summed E-state index contributed by atoms with van der Waals surface area (Å²) < 4.78 is 21.4. The largest absolute Gasteiger partial charge is 0.493 e. The van der Waals surface area contributed by atoms with Crippen molar-refractivity contribution in [2.75, 3.05) is 14.2 Å². The highest BCUT2D eigenvalue weighted by Gasteiger charge is 2.28. The molecular weight excluding hydrogens is 461 g/mol. The minimum atomic E-state index is -1.03. The van der Waals surface area contributed by atoms with Crippen LogP contribution in [0.2, 0.25) is 10.0 Å². The van der Waals surface area contributed by atoms with Gasteiger partial charge in [-0.05, 0) is 25.1 Å². The van der Waals surface area contributed by atoms with Crippen molar-refractivity contribution in [1.82, 2.24) is 9.97 Å². The van der Waals surface area contributed by atoms with Gasteiger partial charge in [0.25, 0.3) is 0 Å². The van der Waals surface area contributed by atoms with Gasteiger partial charge in [-0.3, -0.25) is 9.78 Å². The van der Waals surface area contributed by atoms with Gasteiger partial charge in [0.05, 0.1) is 24.3 Å². The topological polar surface area (TPSA) is 127 Å². The standard InChI is InChI=1S/C21H19Cl2N3O6/c1-10(31-21(24)28)19-18(15(27)7-12-13(22)8-25-9-14(12)23)26-20(32-19)11-4-5-16(29-2)17(6-11)30-3/h4-6,8-10H,7H2,1-3H3,(H2,24,28). The molecule has 2 N–H and O–H groups in total. The average molecular weight is 480 g/mol. The number of ether oxygens (including phenoxy) is 3. The fraction of sp³-hybridized carbons (Fsp3) is 0.238. The van der Waals surface area contributed by atoms with Crippen molar-refractivity contribution in [3.05, 3.63) is 57.7 Å². The molecule has 0 spiro atoms. The Kier molecular flexibility index (Phi) is 7.22. The zero-order valence-corrected chi connectivity index (χ0v) is 18.9. The van der Waals surface area contributed by atoms with E-state index in [1.807, 2.05) is 0 Å². The van der Waals surface area contributed by atoms with Crippen LogP contribution < -0.4 is 15.2 Å². The van der Waals surface area contributed by atoms with Crippen LogP contribution in [0, 0.1) is 0 Å². The summed E-state index contributed by atoms with van der Waals surface area (Å²) in [5, 5.41) is 0.467. The van der Waals surface area contributed by atoms with Gasteiger partial charge in [0.1, 0.15) is 0 Å². The molecule has 1 amide bonds. The smallest absolute Gasteiger partial charge is 0.405 e. The van der Waals surface area contributed by atoms with E-state index in [9.17, 15) is 9.59 Å². The number of halogens is 2. The molecule has 0 aliphatic rings. The molecular formula is C21H19Cl2N3O6. The van der Waals surface area contributed by atoms with Crippen molar-refractivity contribution in [3.8, 4) is 23.0 Å². The zero-order valence-electron chi connectivity index (χ0n) is 17.3. The predicted octanol–water partition coefficient (Wildman–Crippen LogP) is 4.64. The molecule has 0 radical (unpaired) electrons. The number of amides is 1. The fourth-order valence-electron chi connectivity index (χ4n) is 2.98. The Morgan fingerprint density at radius 2 is 1.78 bits per heavy atom. The third-order valence-corrected chi connectivity index (χ3v) is 5.15. The summed E-state index contributed by atoms with van der Waals surface area (Å²) in [6, 6.07) is 4.99. The third-order valence-electron chi connectivity index (χ3n) is 4.50. The second-order valence-corrected chi connectivity index (χ2v) is 7.38. The summed E-state index contributed by atoms with van der Waals surface area (Å²) in [5.41, 5.74) is 5.97. The van der Waals surface area contributed by atoms with Gasteiger partial charge in [-0.1, -0.05) is 23.2 Å². The molecule has 1 unspecified atom stereocenters. The van der Waals surface area contributed by atoms with Gasteiger partial charge in [-0.25, -0.2) is 9.78 Å². The first kappa shape index (κ1) is 23.4. The van der Waals surface area contributed by atoms with E-state index in [0.717, 1.165) is 0 Å². The first-order valence-electron chi connectivity index (χ1n) is 9.25. The van der Waals surface area contributed by atoms with E-state index in [2.05, 4.69) is 9.97 Å². The fourth-order valence-corrected chi connectivity index (χ4v) is 3.48. The lowest BCUT2D eigenvalue weighted by Gasteiger charge is -2.10. The summed E-state index contributed by atoms with van der Waals surface area (Å²) in [5.74, 6) is 0.627. The van der Waals surface area contributed by atoms with Gasteiger partial charge in [-0.2, -0.15) is 0 Å². The number of ketones is 1. The van der Waals surface area contributed by atoms with Crippen molar-refractivity contribution < 1.29 is 28.2 Å². The second kappa shape index (κ2) is 9.88. The number of primary amides is 1. The summed E-state index contributed by atoms with van der Waals surface area (Å²) in [6.07, 6.45) is 0.590. The molecule has 2 aromatic heterocycles. The van der Waals surface area contributed by atoms with Crippen LogP contribution in [0.25, 0.3) is 11.5 Å². The number of oxazole rings is 1. The monoisotopic (exact) mass is 479 g/mol. The maximum Gasteiger partial charge on any atom is 0.405 e. The van der Waals surface area contributed by atoms with Gasteiger partial charge in [0, 0.05) is 29.9 Å². The molecule has 2 heterocycles. The maximum absolute atomic E-state index is 13.1. The maximum atomic E-state index is 13.1. The molecule has 9 nitrogen and oxygen atoms in total. The van der Waals surface area contributed by atoms with E-state index in [0.29, 0.717) is 22.6 Å². The summed E-state index contributed by atoms with van der Waals surface area (Å²) in [4.78, 5) is 32.6. The van der Waals surface area contributed by atoms with Crippen LogP contribution in [-0.2, 0) is 11.2 Å². The minimum Gasteiger partial charge on any atom is -0.493 e. The summed E-state index contributed by atoms with van der Waals surface area (Å²) in [7, 11) is 3.00. The number of hydrogen-bond donors (Lipinski definition) is 1. The molecule has 3 rings (SSSR count). The first-order chi connectivity index (χ1) is 15.2. The van der Waals surface area contributed by atoms with Crippen LogP contribution in [-0.4, -0.2) is 36.1 Å². The lowest BCUT2D eigenvalue weighted by atomic mass is 10.1. The van der Waals surface area contributed by atoms with E-state index in [4.69, 9.17) is 47.6 Å². The Bertz CT molecular complexity index is 1140. The number of carbonyl (C=O) groups excluding carboxylic acids is 2.